The molecule has 2 aromatic rings. The van der Waals surface area contributed by atoms with Gasteiger partial charge < -0.3 is 14.0 Å². The highest BCUT2D eigenvalue weighted by Crippen LogP contribution is 2.27. The molecule has 1 aliphatic heterocycles. The van der Waals surface area contributed by atoms with Gasteiger partial charge in [-0.3, -0.25) is 0 Å². The summed E-state index contributed by atoms with van der Waals surface area (Å²) < 4.78 is 6.66. The molecule has 20 heavy (non-hydrogen) atoms. The normalized spacial score (nSPS) is 17.5. The second-order valence-corrected chi connectivity index (χ2v) is 5.42. The van der Waals surface area contributed by atoms with Crippen molar-refractivity contribution in [2.75, 3.05) is 27.2 Å². The number of ether oxygens (including phenoxy) is 1. The van der Waals surface area contributed by atoms with Crippen molar-refractivity contribution in [3.8, 4) is 0 Å². The van der Waals surface area contributed by atoms with Gasteiger partial charge in [0.2, 0.25) is 0 Å². The number of piperidine rings is 1. The molecule has 0 unspecified atom stereocenters. The van der Waals surface area contributed by atoms with Gasteiger partial charge in [0, 0.05) is 18.3 Å². The maximum atomic E-state index is 11.5. The first-order valence-electron chi connectivity index (χ1n) is 6.93. The average Bonchev–Trinajstić information content (AvgIpc) is 2.90. The van der Waals surface area contributed by atoms with Gasteiger partial charge in [-0.2, -0.15) is 0 Å². The topological polar surface area (TPSA) is 46.8 Å². The minimum absolute atomic E-state index is 0.318. The molecule has 1 saturated heterocycles. The number of esters is 1. The number of likely N-dealkylation sites (tertiary alicyclic amines) is 1. The van der Waals surface area contributed by atoms with Crippen LogP contribution in [-0.2, 0) is 4.74 Å². The number of methoxy groups -OCH3 is 1. The Kier molecular flexibility index (Phi) is 3.44. The van der Waals surface area contributed by atoms with Crippen molar-refractivity contribution in [3.05, 3.63) is 35.8 Å². The van der Waals surface area contributed by atoms with Gasteiger partial charge in [-0.15, -0.1) is 0 Å². The van der Waals surface area contributed by atoms with Gasteiger partial charge in [0.05, 0.1) is 18.4 Å². The van der Waals surface area contributed by atoms with Crippen LogP contribution in [0.5, 0.6) is 0 Å². The summed E-state index contributed by atoms with van der Waals surface area (Å²) >= 11 is 0. The summed E-state index contributed by atoms with van der Waals surface area (Å²) in [5.41, 5.74) is 2.55. The van der Waals surface area contributed by atoms with Crippen LogP contribution in [0.4, 0.5) is 0 Å². The van der Waals surface area contributed by atoms with Gasteiger partial charge in [-0.1, -0.05) is 0 Å². The van der Waals surface area contributed by atoms with E-state index in [-0.39, 0.29) is 5.97 Å². The number of pyridine rings is 1. The molecule has 0 spiro atoms. The fourth-order valence-corrected chi connectivity index (χ4v) is 2.75. The molecule has 106 valence electrons. The number of carbonyl (C=O) groups is 1. The van der Waals surface area contributed by atoms with Crippen molar-refractivity contribution >= 4 is 11.6 Å². The molecular weight excluding hydrogens is 254 g/mol. The number of rotatable bonds is 2. The molecular formula is C15H19N3O2. The van der Waals surface area contributed by atoms with Crippen LogP contribution in [0, 0.1) is 0 Å². The lowest BCUT2D eigenvalue weighted by molar-refractivity contribution is 0.0600. The lowest BCUT2D eigenvalue weighted by atomic mass is 9.94. The van der Waals surface area contributed by atoms with E-state index in [4.69, 9.17) is 4.74 Å². The van der Waals surface area contributed by atoms with Crippen LogP contribution in [0.25, 0.3) is 5.65 Å². The SMILES string of the molecule is COC(=O)c1ccc2nc(C3CCN(C)CC3)cn2c1. The van der Waals surface area contributed by atoms with Crippen LogP contribution in [0.15, 0.2) is 24.5 Å². The summed E-state index contributed by atoms with van der Waals surface area (Å²) in [5.74, 6) is 0.203. The van der Waals surface area contributed by atoms with E-state index < -0.39 is 0 Å². The second-order valence-electron chi connectivity index (χ2n) is 5.42. The Balaban J connectivity index is 1.88. The average molecular weight is 273 g/mol. The number of aromatic nitrogens is 2. The molecule has 0 N–H and O–H groups in total. The lowest BCUT2D eigenvalue weighted by Crippen LogP contribution is -2.29. The van der Waals surface area contributed by atoms with Gasteiger partial charge in [0.25, 0.3) is 0 Å². The quantitative estimate of drug-likeness (QED) is 0.784. The molecule has 2 aromatic heterocycles. The van der Waals surface area contributed by atoms with Crippen molar-refractivity contribution < 1.29 is 9.53 Å². The Bertz CT molecular complexity index is 627. The van der Waals surface area contributed by atoms with Gasteiger partial charge >= 0.3 is 5.97 Å². The minimum atomic E-state index is -0.318. The maximum Gasteiger partial charge on any atom is 0.339 e. The maximum absolute atomic E-state index is 11.5. The molecule has 1 fully saturated rings. The Morgan fingerprint density at radius 2 is 2.05 bits per heavy atom. The van der Waals surface area contributed by atoms with Gasteiger partial charge in [0.15, 0.2) is 0 Å². The summed E-state index contributed by atoms with van der Waals surface area (Å²) in [6.07, 6.45) is 6.11. The zero-order valence-electron chi connectivity index (χ0n) is 11.9. The first-order chi connectivity index (χ1) is 9.67. The molecule has 3 heterocycles. The molecule has 0 saturated carbocycles. The summed E-state index contributed by atoms with van der Waals surface area (Å²) in [6, 6.07) is 3.62. The Morgan fingerprint density at radius 1 is 1.30 bits per heavy atom. The molecule has 5 nitrogen and oxygen atoms in total. The molecule has 0 amide bonds. The monoisotopic (exact) mass is 273 g/mol. The highest BCUT2D eigenvalue weighted by molar-refractivity contribution is 5.89. The van der Waals surface area contributed by atoms with E-state index in [0.717, 1.165) is 37.3 Å². The van der Waals surface area contributed by atoms with E-state index >= 15 is 0 Å². The molecule has 0 aromatic carbocycles. The third-order valence-electron chi connectivity index (χ3n) is 4.03. The zero-order chi connectivity index (χ0) is 14.1. The second kappa shape index (κ2) is 5.25. The molecule has 0 radical (unpaired) electrons. The van der Waals surface area contributed by atoms with Crippen molar-refractivity contribution in [2.45, 2.75) is 18.8 Å². The third-order valence-corrected chi connectivity index (χ3v) is 4.03. The van der Waals surface area contributed by atoms with Crippen molar-refractivity contribution in [2.24, 2.45) is 0 Å². The molecule has 1 aliphatic rings. The fourth-order valence-electron chi connectivity index (χ4n) is 2.75. The molecule has 0 bridgehead atoms. The summed E-state index contributed by atoms with van der Waals surface area (Å²) in [6.45, 7) is 2.23. The highest BCUT2D eigenvalue weighted by Gasteiger charge is 2.21. The van der Waals surface area contributed by atoms with Gasteiger partial charge in [-0.25, -0.2) is 9.78 Å². The lowest BCUT2D eigenvalue weighted by Gasteiger charge is -2.27. The molecule has 0 aliphatic carbocycles. The van der Waals surface area contributed by atoms with Crippen LogP contribution in [0.3, 0.4) is 0 Å². The number of fused-ring (bicyclic) bond motifs is 1. The molecule has 3 rings (SSSR count). The van der Waals surface area contributed by atoms with Crippen molar-refractivity contribution in [3.63, 3.8) is 0 Å². The van der Waals surface area contributed by atoms with E-state index in [1.165, 1.54) is 7.11 Å². The molecule has 5 heteroatoms. The van der Waals surface area contributed by atoms with Crippen LogP contribution in [-0.4, -0.2) is 47.5 Å². The van der Waals surface area contributed by atoms with E-state index in [1.807, 2.05) is 16.7 Å². The van der Waals surface area contributed by atoms with Crippen molar-refractivity contribution in [1.82, 2.24) is 14.3 Å². The smallest absolute Gasteiger partial charge is 0.339 e. The standard InChI is InChI=1S/C15H19N3O2/c1-17-7-5-11(6-8-17)13-10-18-9-12(15(19)20-2)3-4-14(18)16-13/h3-4,9-11H,5-8H2,1-2H3. The predicted octanol–water partition coefficient (Wildman–Crippen LogP) is 1.93. The summed E-state index contributed by atoms with van der Waals surface area (Å²) in [7, 11) is 3.55. The van der Waals surface area contributed by atoms with E-state index in [9.17, 15) is 4.79 Å². The zero-order valence-corrected chi connectivity index (χ0v) is 11.9. The van der Waals surface area contributed by atoms with E-state index in [0.29, 0.717) is 11.5 Å². The van der Waals surface area contributed by atoms with Crippen molar-refractivity contribution in [1.29, 1.82) is 0 Å². The fraction of sp³-hybridized carbons (Fsp3) is 0.467. The molecule has 0 atom stereocenters. The van der Waals surface area contributed by atoms with E-state index in [2.05, 4.69) is 16.9 Å². The first-order valence-corrected chi connectivity index (χ1v) is 6.93. The minimum Gasteiger partial charge on any atom is -0.465 e. The first kappa shape index (κ1) is 13.1. The number of carbonyl (C=O) groups excluding carboxylic acids is 1. The predicted molar refractivity (Wildman–Crippen MR) is 76.0 cm³/mol. The van der Waals surface area contributed by atoms with Crippen LogP contribution in [0.1, 0.15) is 34.8 Å². The number of imidazole rings is 1. The number of hydrogen-bond acceptors (Lipinski definition) is 4. The summed E-state index contributed by atoms with van der Waals surface area (Å²) in [5, 5.41) is 0. The van der Waals surface area contributed by atoms with Crippen LogP contribution in [0.2, 0.25) is 0 Å². The largest absolute Gasteiger partial charge is 0.465 e. The number of nitrogens with zero attached hydrogens (tertiary/aromatic N) is 3. The third kappa shape index (κ3) is 2.41. The highest BCUT2D eigenvalue weighted by atomic mass is 16.5. The van der Waals surface area contributed by atoms with Gasteiger partial charge in [-0.05, 0) is 45.1 Å². The number of hydrogen-bond donors (Lipinski definition) is 0. The van der Waals surface area contributed by atoms with Crippen LogP contribution < -0.4 is 0 Å². The van der Waals surface area contributed by atoms with Gasteiger partial charge in [0.1, 0.15) is 5.65 Å². The van der Waals surface area contributed by atoms with E-state index in [1.54, 1.807) is 12.3 Å². The van der Waals surface area contributed by atoms with Crippen LogP contribution >= 0.6 is 0 Å². The Morgan fingerprint density at radius 3 is 2.75 bits per heavy atom. The summed E-state index contributed by atoms with van der Waals surface area (Å²) in [4.78, 5) is 18.6. The Labute approximate surface area is 118 Å². The Hall–Kier alpha value is -1.88.